The zero-order chi connectivity index (χ0) is 18.7. The number of nitrogens with one attached hydrogen (secondary N) is 1. The number of nitrogens with zero attached hydrogens (tertiary/aromatic N) is 1. The highest BCUT2D eigenvalue weighted by Gasteiger charge is 2.34. The zero-order valence-corrected chi connectivity index (χ0v) is 14.2. The number of aryl methyl sites for hydroxylation is 1. The predicted molar refractivity (Wildman–Crippen MR) is 91.3 cm³/mol. The first kappa shape index (κ1) is 18.0. The Bertz CT molecular complexity index is 824. The van der Waals surface area contributed by atoms with Gasteiger partial charge in [0.1, 0.15) is 24.3 Å². The van der Waals surface area contributed by atoms with Gasteiger partial charge in [0.05, 0.1) is 6.61 Å². The van der Waals surface area contributed by atoms with E-state index in [0.29, 0.717) is 16.8 Å². The van der Waals surface area contributed by atoms with Crippen molar-refractivity contribution in [3.05, 3.63) is 65.2 Å². The monoisotopic (exact) mass is 360 g/mol. The standard InChI is InChI=1S/C19H18F2N2O3/c1-12-8-15(6-7-16(12)21)22-19(25)17-10-26-11-18(24)23(17)9-13-2-4-14(20)5-3-13/h2-8,17H,9-11H2,1H3,(H,22,25). The van der Waals surface area contributed by atoms with Crippen LogP contribution in [0.1, 0.15) is 11.1 Å². The average Bonchev–Trinajstić information content (AvgIpc) is 2.61. The first-order valence-electron chi connectivity index (χ1n) is 8.13. The largest absolute Gasteiger partial charge is 0.369 e. The predicted octanol–water partition coefficient (Wildman–Crippen LogP) is 2.64. The normalized spacial score (nSPS) is 17.3. The van der Waals surface area contributed by atoms with Gasteiger partial charge < -0.3 is 15.0 Å². The minimum Gasteiger partial charge on any atom is -0.369 e. The first-order chi connectivity index (χ1) is 12.4. The van der Waals surface area contributed by atoms with Gasteiger partial charge in [0.15, 0.2) is 0 Å². The quantitative estimate of drug-likeness (QED) is 0.912. The third-order valence-electron chi connectivity index (χ3n) is 4.19. The molecule has 2 aromatic rings. The highest BCUT2D eigenvalue weighted by molar-refractivity contribution is 5.98. The molecular weight excluding hydrogens is 342 g/mol. The number of ether oxygens (including phenoxy) is 1. The third kappa shape index (κ3) is 4.05. The molecule has 2 amide bonds. The molecule has 0 spiro atoms. The fraction of sp³-hybridized carbons (Fsp3) is 0.263. The lowest BCUT2D eigenvalue weighted by Gasteiger charge is -2.34. The second-order valence-corrected chi connectivity index (χ2v) is 6.13. The molecule has 3 rings (SSSR count). The van der Waals surface area contributed by atoms with Gasteiger partial charge in [0.25, 0.3) is 0 Å². The van der Waals surface area contributed by atoms with Crippen molar-refractivity contribution in [1.29, 1.82) is 0 Å². The Labute approximate surface area is 149 Å². The van der Waals surface area contributed by atoms with Crippen LogP contribution in [-0.4, -0.2) is 36.0 Å². The highest BCUT2D eigenvalue weighted by atomic mass is 19.1. The molecule has 1 unspecified atom stereocenters. The number of hydrogen-bond acceptors (Lipinski definition) is 3. The number of morpholine rings is 1. The Balaban J connectivity index is 1.76. The minimum atomic E-state index is -0.827. The number of amides is 2. The molecule has 7 heteroatoms. The van der Waals surface area contributed by atoms with E-state index in [1.165, 1.54) is 35.2 Å². The van der Waals surface area contributed by atoms with Crippen LogP contribution < -0.4 is 5.32 Å². The summed E-state index contributed by atoms with van der Waals surface area (Å²) in [6.45, 7) is 1.71. The Morgan fingerprint density at radius 2 is 1.96 bits per heavy atom. The molecule has 1 aliphatic rings. The van der Waals surface area contributed by atoms with Crippen LogP contribution in [0.4, 0.5) is 14.5 Å². The molecule has 1 N–H and O–H groups in total. The number of rotatable bonds is 4. The smallest absolute Gasteiger partial charge is 0.249 e. The molecule has 1 fully saturated rings. The van der Waals surface area contributed by atoms with Crippen molar-refractivity contribution >= 4 is 17.5 Å². The Kier molecular flexibility index (Phi) is 5.27. The molecule has 0 aliphatic carbocycles. The Morgan fingerprint density at radius 3 is 2.65 bits per heavy atom. The summed E-state index contributed by atoms with van der Waals surface area (Å²) in [5.41, 5.74) is 1.55. The first-order valence-corrected chi connectivity index (χ1v) is 8.13. The molecule has 1 heterocycles. The maximum Gasteiger partial charge on any atom is 0.249 e. The summed E-state index contributed by atoms with van der Waals surface area (Å²) in [7, 11) is 0. The second kappa shape index (κ2) is 7.61. The van der Waals surface area contributed by atoms with E-state index in [0.717, 1.165) is 0 Å². The van der Waals surface area contributed by atoms with E-state index in [-0.39, 0.29) is 37.3 Å². The van der Waals surface area contributed by atoms with E-state index < -0.39 is 11.9 Å². The van der Waals surface area contributed by atoms with Gasteiger partial charge in [-0.05, 0) is 48.4 Å². The van der Waals surface area contributed by atoms with Crippen molar-refractivity contribution in [3.8, 4) is 0 Å². The average molecular weight is 360 g/mol. The molecule has 1 atom stereocenters. The van der Waals surface area contributed by atoms with Crippen LogP contribution in [0.2, 0.25) is 0 Å². The summed E-state index contributed by atoms with van der Waals surface area (Å²) >= 11 is 0. The van der Waals surface area contributed by atoms with E-state index in [1.807, 2.05) is 0 Å². The maximum absolute atomic E-state index is 13.4. The zero-order valence-electron chi connectivity index (χ0n) is 14.2. The summed E-state index contributed by atoms with van der Waals surface area (Å²) in [5.74, 6) is -1.48. The summed E-state index contributed by atoms with van der Waals surface area (Å²) in [6.07, 6.45) is 0. The number of halogens is 2. The lowest BCUT2D eigenvalue weighted by Crippen LogP contribution is -2.54. The molecule has 5 nitrogen and oxygen atoms in total. The maximum atomic E-state index is 13.4. The van der Waals surface area contributed by atoms with Gasteiger partial charge in [-0.15, -0.1) is 0 Å². The molecule has 0 saturated carbocycles. The number of carbonyl (C=O) groups is 2. The van der Waals surface area contributed by atoms with E-state index in [1.54, 1.807) is 19.1 Å². The van der Waals surface area contributed by atoms with Crippen molar-refractivity contribution in [2.45, 2.75) is 19.5 Å². The SMILES string of the molecule is Cc1cc(NC(=O)C2COCC(=O)N2Cc2ccc(F)cc2)ccc1F. The number of hydrogen-bond donors (Lipinski definition) is 1. The highest BCUT2D eigenvalue weighted by Crippen LogP contribution is 2.18. The Morgan fingerprint density at radius 1 is 1.23 bits per heavy atom. The third-order valence-corrected chi connectivity index (χ3v) is 4.19. The van der Waals surface area contributed by atoms with Crippen molar-refractivity contribution in [2.24, 2.45) is 0 Å². The van der Waals surface area contributed by atoms with Gasteiger partial charge >= 0.3 is 0 Å². The van der Waals surface area contributed by atoms with Gasteiger partial charge in [0, 0.05) is 12.2 Å². The van der Waals surface area contributed by atoms with Gasteiger partial charge in [0.2, 0.25) is 11.8 Å². The van der Waals surface area contributed by atoms with Crippen molar-refractivity contribution < 1.29 is 23.1 Å². The summed E-state index contributed by atoms with van der Waals surface area (Å²) in [4.78, 5) is 26.3. The molecular formula is C19H18F2N2O3. The van der Waals surface area contributed by atoms with Gasteiger partial charge in [-0.25, -0.2) is 8.78 Å². The van der Waals surface area contributed by atoms with Gasteiger partial charge in [-0.2, -0.15) is 0 Å². The van der Waals surface area contributed by atoms with Crippen LogP contribution in [0.3, 0.4) is 0 Å². The molecule has 0 radical (unpaired) electrons. The molecule has 26 heavy (non-hydrogen) atoms. The van der Waals surface area contributed by atoms with E-state index >= 15 is 0 Å². The molecule has 1 aliphatic heterocycles. The van der Waals surface area contributed by atoms with E-state index in [9.17, 15) is 18.4 Å². The lowest BCUT2D eigenvalue weighted by atomic mass is 10.1. The molecule has 1 saturated heterocycles. The van der Waals surface area contributed by atoms with E-state index in [4.69, 9.17) is 4.74 Å². The minimum absolute atomic E-state index is 0.0545. The van der Waals surface area contributed by atoms with Crippen LogP contribution >= 0.6 is 0 Å². The molecule has 2 aromatic carbocycles. The summed E-state index contributed by atoms with van der Waals surface area (Å²) in [6, 6.07) is 9.15. The lowest BCUT2D eigenvalue weighted by molar-refractivity contribution is -0.154. The van der Waals surface area contributed by atoms with Crippen molar-refractivity contribution in [1.82, 2.24) is 4.90 Å². The number of anilines is 1. The van der Waals surface area contributed by atoms with Gasteiger partial charge in [-0.1, -0.05) is 12.1 Å². The van der Waals surface area contributed by atoms with Crippen LogP contribution in [0.25, 0.3) is 0 Å². The molecule has 0 aromatic heterocycles. The fourth-order valence-electron chi connectivity index (χ4n) is 2.75. The molecule has 136 valence electrons. The van der Waals surface area contributed by atoms with Gasteiger partial charge in [-0.3, -0.25) is 9.59 Å². The summed E-state index contributed by atoms with van der Waals surface area (Å²) in [5, 5.41) is 2.69. The Hall–Kier alpha value is -2.80. The van der Waals surface area contributed by atoms with Crippen LogP contribution in [0, 0.1) is 18.6 Å². The second-order valence-electron chi connectivity index (χ2n) is 6.13. The van der Waals surface area contributed by atoms with Crippen LogP contribution in [0.15, 0.2) is 42.5 Å². The summed E-state index contributed by atoms with van der Waals surface area (Å²) < 4.78 is 31.6. The number of carbonyl (C=O) groups excluding carboxylic acids is 2. The van der Waals surface area contributed by atoms with Crippen LogP contribution in [-0.2, 0) is 20.9 Å². The van der Waals surface area contributed by atoms with E-state index in [2.05, 4.69) is 5.32 Å². The number of benzene rings is 2. The van der Waals surface area contributed by atoms with Crippen LogP contribution in [0.5, 0.6) is 0 Å². The molecule has 0 bridgehead atoms. The van der Waals surface area contributed by atoms with Crippen molar-refractivity contribution in [3.63, 3.8) is 0 Å². The van der Waals surface area contributed by atoms with Crippen molar-refractivity contribution in [2.75, 3.05) is 18.5 Å². The fourth-order valence-corrected chi connectivity index (χ4v) is 2.75. The topological polar surface area (TPSA) is 58.6 Å².